The van der Waals surface area contributed by atoms with E-state index in [9.17, 15) is 4.79 Å². The number of hydrogen-bond donors (Lipinski definition) is 0. The highest BCUT2D eigenvalue weighted by Gasteiger charge is 2.19. The van der Waals surface area contributed by atoms with Gasteiger partial charge in [-0.15, -0.1) is 0 Å². The Morgan fingerprint density at radius 3 is 2.70 bits per heavy atom. The molecular weight excluding hydrogens is 438 g/mol. The van der Waals surface area contributed by atoms with Crippen LogP contribution < -0.4 is 14.4 Å². The lowest BCUT2D eigenvalue weighted by Gasteiger charge is -2.27. The number of methoxy groups -OCH3 is 2. The lowest BCUT2D eigenvalue weighted by atomic mass is 10.2. The van der Waals surface area contributed by atoms with E-state index in [1.165, 1.54) is 0 Å². The molecule has 1 amide bonds. The Morgan fingerprint density at radius 2 is 1.94 bits per heavy atom. The fourth-order valence-electron chi connectivity index (χ4n) is 3.77. The Kier molecular flexibility index (Phi) is 7.93. The van der Waals surface area contributed by atoms with Crippen molar-refractivity contribution in [3.63, 3.8) is 0 Å². The number of hydrogen-bond acceptors (Lipinski definition) is 7. The summed E-state index contributed by atoms with van der Waals surface area (Å²) < 4.78 is 17.2. The molecule has 1 fully saturated rings. The number of amides is 1. The lowest BCUT2D eigenvalue weighted by Crippen LogP contribution is -2.39. The highest BCUT2D eigenvalue weighted by atomic mass is 32.1. The molecule has 174 valence electrons. The summed E-state index contributed by atoms with van der Waals surface area (Å²) in [5.74, 6) is 1.19. The van der Waals surface area contributed by atoms with Crippen molar-refractivity contribution in [2.75, 3.05) is 58.5 Å². The Hall–Kier alpha value is -2.94. The van der Waals surface area contributed by atoms with Gasteiger partial charge in [0.2, 0.25) is 0 Å². The number of fused-ring (bicyclic) bond motifs is 1. The standard InChI is InChI=1S/C25H29N3O4S/c1-30-21-10-8-19(18-22(21)31-2)9-11-24(29)28(13-5-12-27-14-16-32-17-15-27)25-26-20-6-3-4-7-23(20)33-25/h3-4,6-11,18H,5,12-17H2,1-2H3/b11-9+. The summed E-state index contributed by atoms with van der Waals surface area (Å²) in [5.41, 5.74) is 1.77. The number of thiazole rings is 1. The molecule has 0 unspecified atom stereocenters. The zero-order valence-corrected chi connectivity index (χ0v) is 19.8. The van der Waals surface area contributed by atoms with Gasteiger partial charge in [-0.25, -0.2) is 4.98 Å². The number of carbonyl (C=O) groups excluding carboxylic acids is 1. The average molecular weight is 468 g/mol. The first-order chi connectivity index (χ1) is 16.2. The maximum atomic E-state index is 13.3. The Morgan fingerprint density at radius 1 is 1.15 bits per heavy atom. The molecule has 1 aromatic heterocycles. The number of morpholine rings is 1. The second-order valence-corrected chi connectivity index (χ2v) is 8.72. The maximum absolute atomic E-state index is 13.3. The van der Waals surface area contributed by atoms with Crippen LogP contribution in [0, 0.1) is 0 Å². The molecule has 3 aromatic rings. The number of para-hydroxylation sites is 1. The first kappa shape index (κ1) is 23.2. The van der Waals surface area contributed by atoms with Crippen molar-refractivity contribution in [1.29, 1.82) is 0 Å². The van der Waals surface area contributed by atoms with Crippen molar-refractivity contribution in [3.05, 3.63) is 54.1 Å². The van der Waals surface area contributed by atoms with Gasteiger partial charge in [-0.3, -0.25) is 14.6 Å². The van der Waals surface area contributed by atoms with Gasteiger partial charge in [0.25, 0.3) is 5.91 Å². The van der Waals surface area contributed by atoms with Gasteiger partial charge in [-0.1, -0.05) is 29.5 Å². The molecule has 33 heavy (non-hydrogen) atoms. The van der Waals surface area contributed by atoms with E-state index < -0.39 is 0 Å². The van der Waals surface area contributed by atoms with Crippen molar-refractivity contribution >= 4 is 38.7 Å². The summed E-state index contributed by atoms with van der Waals surface area (Å²) in [4.78, 5) is 22.2. The molecule has 2 aromatic carbocycles. The van der Waals surface area contributed by atoms with E-state index in [4.69, 9.17) is 19.2 Å². The molecule has 1 aliphatic rings. The SMILES string of the molecule is COc1ccc(/C=C/C(=O)N(CCCN2CCOCC2)c2nc3ccccc3s2)cc1OC. The second-order valence-electron chi connectivity index (χ2n) is 7.71. The van der Waals surface area contributed by atoms with E-state index in [2.05, 4.69) is 4.90 Å². The van der Waals surface area contributed by atoms with Crippen LogP contribution >= 0.6 is 11.3 Å². The highest BCUT2D eigenvalue weighted by Crippen LogP contribution is 2.30. The second kappa shape index (κ2) is 11.3. The predicted molar refractivity (Wildman–Crippen MR) is 132 cm³/mol. The van der Waals surface area contributed by atoms with Crippen LogP contribution in [-0.4, -0.2) is 69.4 Å². The minimum atomic E-state index is -0.0918. The number of ether oxygens (including phenoxy) is 3. The summed E-state index contributed by atoms with van der Waals surface area (Å²) >= 11 is 1.54. The monoisotopic (exact) mass is 467 g/mol. The van der Waals surface area contributed by atoms with Crippen LogP contribution in [0.3, 0.4) is 0 Å². The number of benzene rings is 2. The molecule has 0 saturated carbocycles. The largest absolute Gasteiger partial charge is 0.493 e. The van der Waals surface area contributed by atoms with Gasteiger partial charge >= 0.3 is 0 Å². The Bertz CT molecular complexity index is 1070. The molecular formula is C25H29N3O4S. The topological polar surface area (TPSA) is 64.1 Å². The molecule has 1 saturated heterocycles. The first-order valence-corrected chi connectivity index (χ1v) is 11.9. The first-order valence-electron chi connectivity index (χ1n) is 11.0. The van der Waals surface area contributed by atoms with E-state index in [1.807, 2.05) is 42.5 Å². The van der Waals surface area contributed by atoms with Crippen LogP contribution in [-0.2, 0) is 9.53 Å². The van der Waals surface area contributed by atoms with E-state index in [0.717, 1.165) is 60.2 Å². The summed E-state index contributed by atoms with van der Waals surface area (Å²) in [6, 6.07) is 13.5. The fraction of sp³-hybridized carbons (Fsp3) is 0.360. The normalized spacial score (nSPS) is 14.6. The van der Waals surface area contributed by atoms with Gasteiger partial charge in [-0.05, 0) is 42.3 Å². The minimum Gasteiger partial charge on any atom is -0.493 e. The quantitative estimate of drug-likeness (QED) is 0.442. The van der Waals surface area contributed by atoms with Gasteiger partial charge in [-0.2, -0.15) is 0 Å². The number of rotatable bonds is 9. The predicted octanol–water partition coefficient (Wildman–Crippen LogP) is 4.08. The zero-order chi connectivity index (χ0) is 23.0. The number of anilines is 1. The summed E-state index contributed by atoms with van der Waals surface area (Å²) in [5, 5.41) is 0.722. The molecule has 7 nitrogen and oxygen atoms in total. The van der Waals surface area contributed by atoms with Crippen LogP contribution in [0.5, 0.6) is 11.5 Å². The van der Waals surface area contributed by atoms with Gasteiger partial charge in [0.15, 0.2) is 16.6 Å². The summed E-state index contributed by atoms with van der Waals surface area (Å²) in [6.07, 6.45) is 4.26. The third kappa shape index (κ3) is 5.90. The van der Waals surface area contributed by atoms with Gasteiger partial charge in [0.1, 0.15) is 0 Å². The van der Waals surface area contributed by atoms with Crippen LogP contribution in [0.4, 0.5) is 5.13 Å². The molecule has 0 bridgehead atoms. The Labute approximate surface area is 198 Å². The number of nitrogens with zero attached hydrogens (tertiary/aromatic N) is 3. The average Bonchev–Trinajstić information content (AvgIpc) is 3.29. The molecule has 8 heteroatoms. The Balaban J connectivity index is 1.51. The molecule has 0 N–H and O–H groups in total. The summed E-state index contributed by atoms with van der Waals surface area (Å²) in [7, 11) is 3.20. The van der Waals surface area contributed by atoms with Crippen LogP contribution in [0.2, 0.25) is 0 Å². The zero-order valence-electron chi connectivity index (χ0n) is 19.0. The van der Waals surface area contributed by atoms with E-state index in [0.29, 0.717) is 18.0 Å². The molecule has 0 aliphatic carbocycles. The third-order valence-electron chi connectivity index (χ3n) is 5.57. The smallest absolute Gasteiger partial charge is 0.252 e. The van der Waals surface area contributed by atoms with Crippen molar-refractivity contribution in [2.45, 2.75) is 6.42 Å². The van der Waals surface area contributed by atoms with Crippen LogP contribution in [0.25, 0.3) is 16.3 Å². The molecule has 0 radical (unpaired) electrons. The highest BCUT2D eigenvalue weighted by molar-refractivity contribution is 7.22. The van der Waals surface area contributed by atoms with Gasteiger partial charge < -0.3 is 14.2 Å². The van der Waals surface area contributed by atoms with Crippen LogP contribution in [0.1, 0.15) is 12.0 Å². The molecule has 1 aliphatic heterocycles. The maximum Gasteiger partial charge on any atom is 0.252 e. The van der Waals surface area contributed by atoms with E-state index >= 15 is 0 Å². The van der Waals surface area contributed by atoms with Gasteiger partial charge in [0, 0.05) is 32.3 Å². The summed E-state index contributed by atoms with van der Waals surface area (Å²) in [6.45, 7) is 4.95. The van der Waals surface area contributed by atoms with E-state index in [-0.39, 0.29) is 5.91 Å². The molecule has 2 heterocycles. The third-order valence-corrected chi connectivity index (χ3v) is 6.62. The molecule has 0 atom stereocenters. The van der Waals surface area contributed by atoms with Crippen molar-refractivity contribution in [1.82, 2.24) is 9.88 Å². The van der Waals surface area contributed by atoms with Crippen molar-refractivity contribution in [2.24, 2.45) is 0 Å². The van der Waals surface area contributed by atoms with Gasteiger partial charge in [0.05, 0.1) is 37.6 Å². The number of carbonyl (C=O) groups is 1. The molecule has 0 spiro atoms. The van der Waals surface area contributed by atoms with E-state index in [1.54, 1.807) is 42.6 Å². The van der Waals surface area contributed by atoms with Crippen LogP contribution in [0.15, 0.2) is 48.5 Å². The lowest BCUT2D eigenvalue weighted by molar-refractivity contribution is -0.114. The minimum absolute atomic E-state index is 0.0918. The van der Waals surface area contributed by atoms with Crippen molar-refractivity contribution < 1.29 is 19.0 Å². The van der Waals surface area contributed by atoms with Crippen molar-refractivity contribution in [3.8, 4) is 11.5 Å². The number of aromatic nitrogens is 1. The fourth-order valence-corrected chi connectivity index (χ4v) is 4.76. The molecule has 4 rings (SSSR count).